The molecule has 0 fully saturated rings. The topological polar surface area (TPSA) is 26.3 Å². The molecule has 0 unspecified atom stereocenters. The standard InChI is InChI=1S/C13H15ClO2/c1-3-16-13(15)8-10(2)7-11-5-4-6-12(14)9-11/h4-6,8-9H,3,7H2,1-2H3/b10-8+. The van der Waals surface area contributed by atoms with Gasteiger partial charge in [-0.3, -0.25) is 0 Å². The van der Waals surface area contributed by atoms with Crippen molar-refractivity contribution in [3.05, 3.63) is 46.5 Å². The van der Waals surface area contributed by atoms with Gasteiger partial charge in [0, 0.05) is 11.1 Å². The van der Waals surface area contributed by atoms with E-state index in [0.717, 1.165) is 11.1 Å². The molecule has 0 amide bonds. The molecule has 0 aliphatic heterocycles. The second-order valence-corrected chi connectivity index (χ2v) is 3.99. The van der Waals surface area contributed by atoms with Crippen LogP contribution in [0.15, 0.2) is 35.9 Å². The molecule has 0 aliphatic carbocycles. The highest BCUT2D eigenvalue weighted by Gasteiger charge is 2.00. The lowest BCUT2D eigenvalue weighted by Crippen LogP contribution is -2.01. The van der Waals surface area contributed by atoms with Gasteiger partial charge in [-0.1, -0.05) is 29.3 Å². The monoisotopic (exact) mass is 238 g/mol. The van der Waals surface area contributed by atoms with E-state index in [4.69, 9.17) is 16.3 Å². The molecule has 0 atom stereocenters. The molecule has 0 radical (unpaired) electrons. The summed E-state index contributed by atoms with van der Waals surface area (Å²) in [4.78, 5) is 11.2. The van der Waals surface area contributed by atoms with Crippen LogP contribution < -0.4 is 0 Å². The van der Waals surface area contributed by atoms with E-state index in [1.54, 1.807) is 6.92 Å². The molecular formula is C13H15ClO2. The third-order valence-corrected chi connectivity index (χ3v) is 2.26. The maximum absolute atomic E-state index is 11.2. The number of rotatable bonds is 4. The first-order valence-electron chi connectivity index (χ1n) is 5.20. The summed E-state index contributed by atoms with van der Waals surface area (Å²) in [6.45, 7) is 4.09. The van der Waals surface area contributed by atoms with E-state index in [-0.39, 0.29) is 5.97 Å². The summed E-state index contributed by atoms with van der Waals surface area (Å²) < 4.78 is 4.83. The third-order valence-electron chi connectivity index (χ3n) is 2.02. The number of hydrogen-bond donors (Lipinski definition) is 0. The van der Waals surface area contributed by atoms with Crippen molar-refractivity contribution in [2.24, 2.45) is 0 Å². The molecule has 1 rings (SSSR count). The number of carbonyl (C=O) groups excluding carboxylic acids is 1. The summed E-state index contributed by atoms with van der Waals surface area (Å²) in [6, 6.07) is 7.60. The number of carbonyl (C=O) groups is 1. The quantitative estimate of drug-likeness (QED) is 0.594. The van der Waals surface area contributed by atoms with Gasteiger partial charge in [0.2, 0.25) is 0 Å². The van der Waals surface area contributed by atoms with Crippen LogP contribution in [-0.4, -0.2) is 12.6 Å². The van der Waals surface area contributed by atoms with Crippen molar-refractivity contribution >= 4 is 17.6 Å². The first-order valence-corrected chi connectivity index (χ1v) is 5.58. The Balaban J connectivity index is 2.63. The average molecular weight is 239 g/mol. The second-order valence-electron chi connectivity index (χ2n) is 3.55. The molecule has 0 bridgehead atoms. The second kappa shape index (κ2) is 6.33. The fourth-order valence-corrected chi connectivity index (χ4v) is 1.62. The first-order chi connectivity index (χ1) is 7.61. The normalized spacial score (nSPS) is 11.3. The van der Waals surface area contributed by atoms with Gasteiger partial charge in [-0.2, -0.15) is 0 Å². The molecular weight excluding hydrogens is 224 g/mol. The molecule has 0 saturated heterocycles. The van der Waals surface area contributed by atoms with Crippen LogP contribution in [0, 0.1) is 0 Å². The Morgan fingerprint density at radius 3 is 2.88 bits per heavy atom. The summed E-state index contributed by atoms with van der Waals surface area (Å²) >= 11 is 5.87. The lowest BCUT2D eigenvalue weighted by Gasteiger charge is -2.02. The number of halogens is 1. The van der Waals surface area contributed by atoms with E-state index in [2.05, 4.69) is 0 Å². The van der Waals surface area contributed by atoms with Gasteiger partial charge in [0.1, 0.15) is 0 Å². The molecule has 1 aromatic carbocycles. The van der Waals surface area contributed by atoms with Crippen LogP contribution in [0.5, 0.6) is 0 Å². The highest BCUT2D eigenvalue weighted by atomic mass is 35.5. The Labute approximate surface area is 101 Å². The maximum Gasteiger partial charge on any atom is 0.330 e. The van der Waals surface area contributed by atoms with Crippen LogP contribution in [0.3, 0.4) is 0 Å². The maximum atomic E-state index is 11.2. The average Bonchev–Trinajstić information content (AvgIpc) is 2.17. The number of benzene rings is 1. The third kappa shape index (κ3) is 4.49. The van der Waals surface area contributed by atoms with E-state index in [9.17, 15) is 4.79 Å². The van der Waals surface area contributed by atoms with Crippen LogP contribution in [-0.2, 0) is 16.0 Å². The van der Waals surface area contributed by atoms with E-state index in [1.807, 2.05) is 31.2 Å². The zero-order valence-corrected chi connectivity index (χ0v) is 10.3. The predicted octanol–water partition coefficient (Wildman–Crippen LogP) is 3.39. The summed E-state index contributed by atoms with van der Waals surface area (Å²) in [6.07, 6.45) is 2.23. The van der Waals surface area contributed by atoms with Gasteiger partial charge in [-0.25, -0.2) is 4.79 Å². The molecule has 1 aromatic rings. The zero-order valence-electron chi connectivity index (χ0n) is 9.50. The Kier molecular flexibility index (Phi) is 5.06. The van der Waals surface area contributed by atoms with Crippen molar-refractivity contribution in [1.82, 2.24) is 0 Å². The van der Waals surface area contributed by atoms with E-state index >= 15 is 0 Å². The summed E-state index contributed by atoms with van der Waals surface area (Å²) in [5.74, 6) is -0.290. The molecule has 0 heterocycles. The van der Waals surface area contributed by atoms with Crippen molar-refractivity contribution in [1.29, 1.82) is 0 Å². The van der Waals surface area contributed by atoms with E-state index in [0.29, 0.717) is 18.1 Å². The van der Waals surface area contributed by atoms with Crippen molar-refractivity contribution in [3.63, 3.8) is 0 Å². The summed E-state index contributed by atoms with van der Waals surface area (Å²) in [5.41, 5.74) is 2.05. The molecule has 3 heteroatoms. The van der Waals surface area contributed by atoms with Crippen LogP contribution >= 0.6 is 11.6 Å². The molecule has 86 valence electrons. The lowest BCUT2D eigenvalue weighted by atomic mass is 10.1. The van der Waals surface area contributed by atoms with Gasteiger partial charge in [0.05, 0.1) is 6.61 Å². The molecule has 2 nitrogen and oxygen atoms in total. The van der Waals surface area contributed by atoms with Gasteiger partial charge < -0.3 is 4.74 Å². The molecule has 16 heavy (non-hydrogen) atoms. The summed E-state index contributed by atoms with van der Waals surface area (Å²) in [7, 11) is 0. The fraction of sp³-hybridized carbons (Fsp3) is 0.308. The van der Waals surface area contributed by atoms with Crippen LogP contribution in [0.4, 0.5) is 0 Å². The van der Waals surface area contributed by atoms with Crippen LogP contribution in [0.25, 0.3) is 0 Å². The first kappa shape index (κ1) is 12.8. The molecule has 0 aromatic heterocycles. The predicted molar refractivity (Wildman–Crippen MR) is 65.5 cm³/mol. The Hall–Kier alpha value is -1.28. The Bertz CT molecular complexity index is 397. The van der Waals surface area contributed by atoms with Crippen molar-refractivity contribution in [3.8, 4) is 0 Å². The van der Waals surface area contributed by atoms with Crippen LogP contribution in [0.1, 0.15) is 19.4 Å². The minimum atomic E-state index is -0.290. The minimum Gasteiger partial charge on any atom is -0.463 e. The summed E-state index contributed by atoms with van der Waals surface area (Å²) in [5, 5.41) is 0.710. The fourth-order valence-electron chi connectivity index (χ4n) is 1.41. The largest absolute Gasteiger partial charge is 0.463 e. The minimum absolute atomic E-state index is 0.290. The van der Waals surface area contributed by atoms with E-state index in [1.165, 1.54) is 6.08 Å². The van der Waals surface area contributed by atoms with Crippen molar-refractivity contribution in [2.75, 3.05) is 6.61 Å². The van der Waals surface area contributed by atoms with Gasteiger partial charge in [-0.05, 0) is 38.0 Å². The van der Waals surface area contributed by atoms with Gasteiger partial charge in [0.15, 0.2) is 0 Å². The highest BCUT2D eigenvalue weighted by molar-refractivity contribution is 6.30. The number of ether oxygens (including phenoxy) is 1. The zero-order chi connectivity index (χ0) is 12.0. The van der Waals surface area contributed by atoms with Crippen molar-refractivity contribution < 1.29 is 9.53 Å². The molecule has 0 aliphatic rings. The van der Waals surface area contributed by atoms with Crippen molar-refractivity contribution in [2.45, 2.75) is 20.3 Å². The highest BCUT2D eigenvalue weighted by Crippen LogP contribution is 2.14. The number of hydrogen-bond acceptors (Lipinski definition) is 2. The van der Waals surface area contributed by atoms with Gasteiger partial charge in [0.25, 0.3) is 0 Å². The SMILES string of the molecule is CCOC(=O)/C=C(\C)Cc1cccc(Cl)c1. The molecule has 0 spiro atoms. The van der Waals surface area contributed by atoms with Crippen LogP contribution in [0.2, 0.25) is 5.02 Å². The smallest absolute Gasteiger partial charge is 0.330 e. The Morgan fingerprint density at radius 1 is 1.50 bits per heavy atom. The van der Waals surface area contributed by atoms with E-state index < -0.39 is 0 Å². The lowest BCUT2D eigenvalue weighted by molar-refractivity contribution is -0.137. The molecule has 0 saturated carbocycles. The Morgan fingerprint density at radius 2 is 2.25 bits per heavy atom. The number of allylic oxidation sites excluding steroid dienone is 1. The van der Waals surface area contributed by atoms with Gasteiger partial charge in [-0.15, -0.1) is 0 Å². The molecule has 0 N–H and O–H groups in total. The van der Waals surface area contributed by atoms with Gasteiger partial charge >= 0.3 is 5.97 Å². The number of esters is 1.